The smallest absolute Gasteiger partial charge is 0.227 e. The number of aromatic nitrogens is 2. The van der Waals surface area contributed by atoms with Crippen LogP contribution in [0.4, 0.5) is 0 Å². The van der Waals surface area contributed by atoms with Crippen molar-refractivity contribution in [1.82, 2.24) is 25.7 Å². The van der Waals surface area contributed by atoms with Gasteiger partial charge in [-0.2, -0.15) is 5.10 Å². The molecule has 0 saturated carbocycles. The van der Waals surface area contributed by atoms with Crippen molar-refractivity contribution in [3.8, 4) is 0 Å². The number of aryl methyl sites for hydroxylation is 3. The Morgan fingerprint density at radius 3 is 2.52 bits per heavy atom. The Balaban J connectivity index is 0.00000576. The van der Waals surface area contributed by atoms with Crippen molar-refractivity contribution in [2.24, 2.45) is 10.4 Å². The second-order valence-electron chi connectivity index (χ2n) is 6.59. The fourth-order valence-electron chi connectivity index (χ4n) is 2.37. The van der Waals surface area contributed by atoms with E-state index in [1.54, 1.807) is 7.05 Å². The average molecular weight is 464 g/mol. The van der Waals surface area contributed by atoms with Crippen LogP contribution >= 0.6 is 24.0 Å². The molecule has 1 amide bonds. The lowest BCUT2D eigenvalue weighted by Gasteiger charge is -2.21. The molecule has 0 atom stereocenters. The van der Waals surface area contributed by atoms with E-state index >= 15 is 0 Å². The first-order valence-corrected chi connectivity index (χ1v) is 8.55. The minimum Gasteiger partial charge on any atom is -0.359 e. The average Bonchev–Trinajstić information content (AvgIpc) is 2.85. The molecular formula is C17H33IN6O. The van der Waals surface area contributed by atoms with E-state index in [4.69, 9.17) is 0 Å². The molecule has 0 spiro atoms. The first kappa shape index (κ1) is 23.7. The van der Waals surface area contributed by atoms with Crippen LogP contribution in [0.5, 0.6) is 0 Å². The maximum Gasteiger partial charge on any atom is 0.227 e. The summed E-state index contributed by atoms with van der Waals surface area (Å²) < 4.78 is 2.02. The molecule has 3 N–H and O–H groups in total. The van der Waals surface area contributed by atoms with Crippen LogP contribution in [0.1, 0.15) is 38.6 Å². The molecule has 0 unspecified atom stereocenters. The molecule has 25 heavy (non-hydrogen) atoms. The summed E-state index contributed by atoms with van der Waals surface area (Å²) in [4.78, 5) is 16.4. The Labute approximate surface area is 168 Å². The summed E-state index contributed by atoms with van der Waals surface area (Å²) in [5.74, 6) is 0.731. The summed E-state index contributed by atoms with van der Waals surface area (Å²) in [5, 5.41) is 13.7. The number of guanidine groups is 1. The Kier molecular flexibility index (Phi) is 10.7. The fourth-order valence-corrected chi connectivity index (χ4v) is 2.37. The molecule has 1 rings (SSSR count). The highest BCUT2D eigenvalue weighted by Gasteiger charge is 2.26. The molecule has 0 aromatic carbocycles. The van der Waals surface area contributed by atoms with Crippen LogP contribution in [-0.4, -0.2) is 48.3 Å². The van der Waals surface area contributed by atoms with Gasteiger partial charge in [0.1, 0.15) is 0 Å². The largest absolute Gasteiger partial charge is 0.359 e. The van der Waals surface area contributed by atoms with Crippen molar-refractivity contribution in [3.05, 3.63) is 17.5 Å². The van der Waals surface area contributed by atoms with Gasteiger partial charge in [-0.05, 0) is 47.1 Å². The van der Waals surface area contributed by atoms with Crippen LogP contribution in [0.15, 0.2) is 11.1 Å². The van der Waals surface area contributed by atoms with Crippen LogP contribution < -0.4 is 16.0 Å². The topological polar surface area (TPSA) is 83.3 Å². The molecule has 7 nitrogen and oxygen atoms in total. The second kappa shape index (κ2) is 11.3. The van der Waals surface area contributed by atoms with Gasteiger partial charge < -0.3 is 16.0 Å². The van der Waals surface area contributed by atoms with Crippen molar-refractivity contribution in [2.45, 2.75) is 47.6 Å². The maximum atomic E-state index is 11.8. The third-order valence-electron chi connectivity index (χ3n) is 3.76. The van der Waals surface area contributed by atoms with E-state index in [9.17, 15) is 4.79 Å². The number of nitrogens with one attached hydrogen (secondary N) is 3. The Hall–Kier alpha value is -1.32. The second-order valence-corrected chi connectivity index (χ2v) is 6.59. The Morgan fingerprint density at radius 2 is 2.00 bits per heavy atom. The third-order valence-corrected chi connectivity index (χ3v) is 3.76. The monoisotopic (exact) mass is 464 g/mol. The first-order valence-electron chi connectivity index (χ1n) is 8.55. The minimum absolute atomic E-state index is 0. The summed E-state index contributed by atoms with van der Waals surface area (Å²) in [7, 11) is 1.65. The zero-order valence-electron chi connectivity index (χ0n) is 16.3. The summed E-state index contributed by atoms with van der Waals surface area (Å²) in [6.07, 6.45) is 0.950. The molecule has 1 aromatic heterocycles. The van der Waals surface area contributed by atoms with E-state index in [1.807, 2.05) is 32.4 Å². The van der Waals surface area contributed by atoms with Gasteiger partial charge in [0.05, 0.1) is 17.7 Å². The molecular weight excluding hydrogens is 431 g/mol. The molecule has 0 fully saturated rings. The molecule has 0 saturated heterocycles. The standard InChI is InChI=1S/C17H32N6O.HI/c1-7-19-16(21-12-17(4,5)15(24)18-6)20-9-8-10-23-14(3)11-13(2)22-23;/h11H,7-10,12H2,1-6H3,(H,18,24)(H2,19,20,21);1H. The Bertz CT molecular complexity index is 567. The molecule has 0 aliphatic heterocycles. The van der Waals surface area contributed by atoms with Gasteiger partial charge in [0.2, 0.25) is 5.91 Å². The van der Waals surface area contributed by atoms with E-state index in [0.29, 0.717) is 6.54 Å². The SMILES string of the molecule is CCNC(=NCC(C)(C)C(=O)NC)NCCCn1nc(C)cc1C.I. The van der Waals surface area contributed by atoms with Gasteiger partial charge in [0.25, 0.3) is 0 Å². The van der Waals surface area contributed by atoms with Gasteiger partial charge in [0, 0.05) is 32.4 Å². The zero-order chi connectivity index (χ0) is 18.2. The summed E-state index contributed by atoms with van der Waals surface area (Å²) in [5.41, 5.74) is 1.70. The summed E-state index contributed by atoms with van der Waals surface area (Å²) in [6.45, 7) is 12.8. The van der Waals surface area contributed by atoms with Crippen LogP contribution in [0.2, 0.25) is 0 Å². The number of halogens is 1. The normalized spacial score (nSPS) is 11.7. The lowest BCUT2D eigenvalue weighted by Crippen LogP contribution is -2.41. The molecule has 144 valence electrons. The number of nitrogens with zero attached hydrogens (tertiary/aromatic N) is 3. The summed E-state index contributed by atoms with van der Waals surface area (Å²) in [6, 6.07) is 2.08. The van der Waals surface area contributed by atoms with Crippen molar-refractivity contribution in [3.63, 3.8) is 0 Å². The van der Waals surface area contributed by atoms with Crippen LogP contribution in [0, 0.1) is 19.3 Å². The van der Waals surface area contributed by atoms with Gasteiger partial charge in [-0.15, -0.1) is 24.0 Å². The number of amides is 1. The van der Waals surface area contributed by atoms with Gasteiger partial charge in [-0.25, -0.2) is 0 Å². The first-order chi connectivity index (χ1) is 11.3. The van der Waals surface area contributed by atoms with Crippen LogP contribution in [0.25, 0.3) is 0 Å². The van der Waals surface area contributed by atoms with Gasteiger partial charge in [-0.1, -0.05) is 0 Å². The van der Waals surface area contributed by atoms with Crippen molar-refractivity contribution < 1.29 is 4.79 Å². The number of hydrogen-bond acceptors (Lipinski definition) is 3. The van der Waals surface area contributed by atoms with E-state index in [2.05, 4.69) is 39.0 Å². The predicted molar refractivity (Wildman–Crippen MR) is 114 cm³/mol. The lowest BCUT2D eigenvalue weighted by atomic mass is 9.93. The number of rotatable bonds is 8. The van der Waals surface area contributed by atoms with E-state index in [0.717, 1.165) is 37.7 Å². The molecule has 1 heterocycles. The van der Waals surface area contributed by atoms with E-state index < -0.39 is 5.41 Å². The van der Waals surface area contributed by atoms with E-state index in [-0.39, 0.29) is 29.9 Å². The minimum atomic E-state index is -0.527. The highest BCUT2D eigenvalue weighted by Crippen LogP contribution is 2.15. The molecule has 0 radical (unpaired) electrons. The quantitative estimate of drug-likeness (QED) is 0.237. The van der Waals surface area contributed by atoms with Gasteiger partial charge in [-0.3, -0.25) is 14.5 Å². The van der Waals surface area contributed by atoms with Crippen molar-refractivity contribution in [2.75, 3.05) is 26.7 Å². The van der Waals surface area contributed by atoms with Crippen LogP contribution in [0.3, 0.4) is 0 Å². The van der Waals surface area contributed by atoms with E-state index in [1.165, 1.54) is 5.69 Å². The van der Waals surface area contributed by atoms with Crippen molar-refractivity contribution >= 4 is 35.8 Å². The number of aliphatic imine (C=N–C) groups is 1. The number of carbonyl (C=O) groups is 1. The Morgan fingerprint density at radius 1 is 1.32 bits per heavy atom. The van der Waals surface area contributed by atoms with Gasteiger partial charge in [0.15, 0.2) is 5.96 Å². The predicted octanol–water partition coefficient (Wildman–Crippen LogP) is 1.84. The van der Waals surface area contributed by atoms with Gasteiger partial charge >= 0.3 is 0 Å². The van der Waals surface area contributed by atoms with Crippen molar-refractivity contribution in [1.29, 1.82) is 0 Å². The third kappa shape index (κ3) is 8.06. The highest BCUT2D eigenvalue weighted by atomic mass is 127. The maximum absolute atomic E-state index is 11.8. The highest BCUT2D eigenvalue weighted by molar-refractivity contribution is 14.0. The lowest BCUT2D eigenvalue weighted by molar-refractivity contribution is -0.128. The molecule has 0 bridgehead atoms. The molecule has 0 aliphatic rings. The molecule has 0 aliphatic carbocycles. The van der Waals surface area contributed by atoms with Crippen LogP contribution in [-0.2, 0) is 11.3 Å². The molecule has 8 heteroatoms. The number of carbonyl (C=O) groups excluding carboxylic acids is 1. The molecule has 1 aromatic rings. The summed E-state index contributed by atoms with van der Waals surface area (Å²) >= 11 is 0. The fraction of sp³-hybridized carbons (Fsp3) is 0.706. The zero-order valence-corrected chi connectivity index (χ0v) is 18.6. The number of hydrogen-bond donors (Lipinski definition) is 3.